The number of aromatic hydroxyl groups is 1. The van der Waals surface area contributed by atoms with Crippen molar-refractivity contribution in [1.29, 1.82) is 0 Å². The Balaban J connectivity index is 1.56. The number of amides is 1. The molecule has 1 aromatic rings. The second-order valence-corrected chi connectivity index (χ2v) is 9.37. The highest BCUT2D eigenvalue weighted by Gasteiger charge is 2.72. The molecule has 0 saturated carbocycles. The number of anilines is 1. The van der Waals surface area contributed by atoms with Crippen molar-refractivity contribution in [3.05, 3.63) is 44.3 Å². The Labute approximate surface area is 196 Å². The van der Waals surface area contributed by atoms with Crippen LogP contribution in [0, 0.1) is 9.49 Å². The third kappa shape index (κ3) is 2.80. The lowest BCUT2D eigenvalue weighted by Crippen LogP contribution is -2.55. The molecule has 1 aromatic carbocycles. The number of methoxy groups -OCH3 is 1. The molecule has 1 amide bonds. The maximum absolute atomic E-state index is 13.7. The van der Waals surface area contributed by atoms with Crippen molar-refractivity contribution in [3.63, 3.8) is 0 Å². The number of nitrogens with one attached hydrogen (secondary N) is 2. The maximum Gasteiger partial charge on any atom is 0.404 e. The number of ether oxygens (including phenoxy) is 2. The Morgan fingerprint density at radius 3 is 2.81 bits per heavy atom. The van der Waals surface area contributed by atoms with Gasteiger partial charge >= 0.3 is 6.09 Å². The number of phenols is 1. The highest BCUT2D eigenvalue weighted by molar-refractivity contribution is 14.1. The molecule has 5 rings (SSSR count). The predicted molar refractivity (Wildman–Crippen MR) is 120 cm³/mol. The lowest BCUT2D eigenvalue weighted by atomic mass is 9.82. The number of fused-ring (bicyclic) bond motifs is 4. The molecule has 2 fully saturated rings. The van der Waals surface area contributed by atoms with Gasteiger partial charge in [0, 0.05) is 36.5 Å². The van der Waals surface area contributed by atoms with Crippen LogP contribution in [0.5, 0.6) is 5.75 Å². The van der Waals surface area contributed by atoms with Crippen molar-refractivity contribution >= 4 is 45.9 Å². The van der Waals surface area contributed by atoms with Crippen LogP contribution in [-0.2, 0) is 19.1 Å². The van der Waals surface area contributed by atoms with E-state index in [2.05, 4.69) is 10.6 Å². The minimum absolute atomic E-state index is 0.101. The van der Waals surface area contributed by atoms with Crippen molar-refractivity contribution < 1.29 is 29.0 Å². The quantitative estimate of drug-likeness (QED) is 0.180. The van der Waals surface area contributed by atoms with Crippen molar-refractivity contribution in [1.82, 2.24) is 10.2 Å². The van der Waals surface area contributed by atoms with Gasteiger partial charge in [0.25, 0.3) is 0 Å². The summed E-state index contributed by atoms with van der Waals surface area (Å²) in [6.07, 6.45) is -0.964. The van der Waals surface area contributed by atoms with Crippen molar-refractivity contribution in [2.75, 3.05) is 25.6 Å². The van der Waals surface area contributed by atoms with Crippen LogP contribution in [0.15, 0.2) is 40.7 Å². The molecule has 0 aromatic heterocycles. The molecule has 4 atom stereocenters. The fourth-order valence-corrected chi connectivity index (χ4v) is 5.69. The van der Waals surface area contributed by atoms with Gasteiger partial charge in [0.15, 0.2) is 5.72 Å². The summed E-state index contributed by atoms with van der Waals surface area (Å²) in [5, 5.41) is 16.1. The van der Waals surface area contributed by atoms with Crippen LogP contribution in [0.1, 0.15) is 6.92 Å². The summed E-state index contributed by atoms with van der Waals surface area (Å²) in [5.74, 6) is -1.21. The largest absolute Gasteiger partial charge is 0.507 e. The summed E-state index contributed by atoms with van der Waals surface area (Å²) >= 11 is 1.98. The smallest absolute Gasteiger partial charge is 0.404 e. The monoisotopic (exact) mass is 552 g/mol. The second kappa shape index (κ2) is 7.18. The third-order valence-corrected chi connectivity index (χ3v) is 7.51. The van der Waals surface area contributed by atoms with Gasteiger partial charge in [0.1, 0.15) is 12.4 Å². The Hall–Kier alpha value is -2.64. The molecule has 3 heterocycles. The number of carbonyl (C=O) groups is 3. The average Bonchev–Trinajstić information content (AvgIpc) is 3.36. The van der Waals surface area contributed by atoms with E-state index in [4.69, 9.17) is 15.2 Å². The first-order chi connectivity index (χ1) is 15.2. The number of nitrogens with two attached hydrogens (primary N) is 1. The highest BCUT2D eigenvalue weighted by Crippen LogP contribution is 2.55. The molecule has 0 unspecified atom stereocenters. The predicted octanol–water partition coefficient (Wildman–Crippen LogP) is 0.812. The van der Waals surface area contributed by atoms with Gasteiger partial charge in [-0.2, -0.15) is 0 Å². The number of Topliss-reactive ketones (excluding diaryl/α,β-unsaturated/α-hetero) is 2. The van der Waals surface area contributed by atoms with Crippen LogP contribution in [0.3, 0.4) is 0 Å². The van der Waals surface area contributed by atoms with Gasteiger partial charge in [-0.1, -0.05) is 0 Å². The fraction of sp³-hybridized carbons (Fsp3) is 0.381. The first-order valence-electron chi connectivity index (χ1n) is 10.0. The van der Waals surface area contributed by atoms with E-state index in [0.29, 0.717) is 21.5 Å². The molecule has 10 nitrogen and oxygen atoms in total. The standard InChI is InChI=1S/C21H21IN4O6/c1-8-15(24-9-3-4-13(27)11(22)5-9)18(29)14-10(7-32-20(23)30)21(31-2)19-12(25-19)6-26(21)16(14)17(8)28/h3-5,10,12,19,24-25,27H,6-7H2,1-2H3,(H2,23,30)/t10-,12+,19+,21-/m1/s1. The topological polar surface area (TPSA) is 153 Å². The number of hydrogen-bond acceptors (Lipinski definition) is 9. The van der Waals surface area contributed by atoms with Crippen LogP contribution >= 0.6 is 22.6 Å². The molecule has 11 heteroatoms. The number of rotatable bonds is 5. The highest BCUT2D eigenvalue weighted by atomic mass is 127. The zero-order valence-electron chi connectivity index (χ0n) is 17.3. The number of piperazine rings is 1. The van der Waals surface area contributed by atoms with Crippen molar-refractivity contribution in [2.24, 2.45) is 11.7 Å². The number of nitrogens with zero attached hydrogens (tertiary/aromatic N) is 1. The van der Waals surface area contributed by atoms with Gasteiger partial charge in [0.05, 0.1) is 26.9 Å². The van der Waals surface area contributed by atoms with Crippen LogP contribution in [0.4, 0.5) is 10.5 Å². The Morgan fingerprint density at radius 1 is 1.41 bits per heavy atom. The van der Waals surface area contributed by atoms with Gasteiger partial charge < -0.3 is 35.8 Å². The molecule has 0 bridgehead atoms. The van der Waals surface area contributed by atoms with E-state index in [1.54, 1.807) is 19.1 Å². The number of benzene rings is 1. The van der Waals surface area contributed by atoms with E-state index in [0.717, 1.165) is 0 Å². The number of carbonyl (C=O) groups excluding carboxylic acids is 3. The number of ketones is 2. The molecule has 2 saturated heterocycles. The zero-order valence-corrected chi connectivity index (χ0v) is 19.4. The van der Waals surface area contributed by atoms with Gasteiger partial charge in [-0.3, -0.25) is 9.59 Å². The van der Waals surface area contributed by atoms with Gasteiger partial charge in [-0.05, 0) is 47.7 Å². The minimum atomic E-state index is -1.01. The van der Waals surface area contributed by atoms with Crippen molar-refractivity contribution in [3.8, 4) is 5.75 Å². The summed E-state index contributed by atoms with van der Waals surface area (Å²) in [5.41, 5.74) is 5.73. The van der Waals surface area contributed by atoms with E-state index < -0.39 is 17.7 Å². The average molecular weight is 552 g/mol. The Bertz CT molecular complexity index is 1150. The van der Waals surface area contributed by atoms with Crippen LogP contribution in [0.25, 0.3) is 0 Å². The summed E-state index contributed by atoms with van der Waals surface area (Å²) in [4.78, 5) is 40.4. The lowest BCUT2D eigenvalue weighted by molar-refractivity contribution is -0.137. The van der Waals surface area contributed by atoms with Gasteiger partial charge in [0.2, 0.25) is 11.6 Å². The van der Waals surface area contributed by atoms with Crippen molar-refractivity contribution in [2.45, 2.75) is 24.7 Å². The molecule has 32 heavy (non-hydrogen) atoms. The van der Waals surface area contributed by atoms with E-state index in [9.17, 15) is 19.5 Å². The second-order valence-electron chi connectivity index (χ2n) is 8.21. The lowest BCUT2D eigenvalue weighted by Gasteiger charge is -2.39. The van der Waals surface area contributed by atoms with E-state index in [-0.39, 0.29) is 52.8 Å². The number of halogens is 1. The number of hydrogen-bond donors (Lipinski definition) is 4. The summed E-state index contributed by atoms with van der Waals surface area (Å²) in [6.45, 7) is 1.93. The molecule has 4 aliphatic rings. The Morgan fingerprint density at radius 2 is 2.16 bits per heavy atom. The maximum atomic E-state index is 13.7. The number of phenolic OH excluding ortho intramolecular Hbond substituents is 1. The van der Waals surface area contributed by atoms with Gasteiger partial charge in [-0.25, -0.2) is 4.79 Å². The molecular formula is C21H21IN4O6. The van der Waals surface area contributed by atoms with Crippen LogP contribution in [0.2, 0.25) is 0 Å². The first kappa shape index (κ1) is 21.2. The van der Waals surface area contributed by atoms with E-state index in [1.807, 2.05) is 27.5 Å². The summed E-state index contributed by atoms with van der Waals surface area (Å²) in [6, 6.07) is 4.83. The molecule has 0 radical (unpaired) electrons. The zero-order chi connectivity index (χ0) is 22.9. The van der Waals surface area contributed by atoms with Crippen LogP contribution < -0.4 is 16.4 Å². The fourth-order valence-electron chi connectivity index (χ4n) is 5.17. The summed E-state index contributed by atoms with van der Waals surface area (Å²) < 4.78 is 11.7. The molecule has 1 aliphatic carbocycles. The molecule has 3 aliphatic heterocycles. The van der Waals surface area contributed by atoms with Gasteiger partial charge in [-0.15, -0.1) is 0 Å². The third-order valence-electron chi connectivity index (χ3n) is 6.65. The number of primary amides is 1. The normalized spacial score (nSPS) is 30.3. The number of allylic oxidation sites excluding steroid dienone is 2. The SMILES string of the molecule is CO[C@@]12[C@H](COC(N)=O)C3=C(C(=O)C(C)=C(Nc4ccc(O)c(I)c4)C3=O)N1C[C@@H]1N[C@@H]12. The van der Waals surface area contributed by atoms with Crippen LogP contribution in [-0.4, -0.2) is 65.7 Å². The minimum Gasteiger partial charge on any atom is -0.507 e. The molecular weight excluding hydrogens is 531 g/mol. The molecule has 168 valence electrons. The van der Waals surface area contributed by atoms with E-state index in [1.165, 1.54) is 13.2 Å². The molecule has 5 N–H and O–H groups in total. The molecule has 0 spiro atoms. The first-order valence-corrected chi connectivity index (χ1v) is 11.1. The summed E-state index contributed by atoms with van der Waals surface area (Å²) in [7, 11) is 1.53. The van der Waals surface area contributed by atoms with E-state index >= 15 is 0 Å². The Kier molecular flexibility index (Phi) is 4.76.